The fraction of sp³-hybridized carbons (Fsp3) is 0.200. The quantitative estimate of drug-likeness (QED) is 0.720. The van der Waals surface area contributed by atoms with E-state index in [0.29, 0.717) is 11.1 Å². The van der Waals surface area contributed by atoms with Crippen molar-refractivity contribution >= 4 is 11.9 Å². The highest BCUT2D eigenvalue weighted by molar-refractivity contribution is 5.84. The second kappa shape index (κ2) is 4.80. The van der Waals surface area contributed by atoms with Gasteiger partial charge in [0, 0.05) is 11.1 Å². The van der Waals surface area contributed by atoms with Crippen molar-refractivity contribution in [1.82, 2.24) is 0 Å². The first-order chi connectivity index (χ1) is 8.26. The van der Waals surface area contributed by atoms with Crippen molar-refractivity contribution in [1.29, 1.82) is 5.26 Å². The molecular weight excluding hydrogens is 210 g/mol. The molecule has 1 aliphatic carbocycles. The van der Waals surface area contributed by atoms with Crippen molar-refractivity contribution in [3.8, 4) is 6.07 Å². The summed E-state index contributed by atoms with van der Waals surface area (Å²) in [5, 5.41) is 9.11. The molecule has 0 N–H and O–H groups in total. The summed E-state index contributed by atoms with van der Waals surface area (Å²) < 4.78 is 0. The molecule has 2 nitrogen and oxygen atoms in total. The highest BCUT2D eigenvalue weighted by Gasteiger charge is 2.11. The first kappa shape index (κ1) is 11.3. The smallest absolute Gasteiger partial charge is 0.150 e. The third-order valence-electron chi connectivity index (χ3n) is 3.02. The fourth-order valence-electron chi connectivity index (χ4n) is 2.05. The van der Waals surface area contributed by atoms with Gasteiger partial charge in [0.1, 0.15) is 6.29 Å². The summed E-state index contributed by atoms with van der Waals surface area (Å²) in [5.74, 6) is 0. The van der Waals surface area contributed by atoms with Crippen LogP contribution in [0, 0.1) is 11.3 Å². The van der Waals surface area contributed by atoms with Crippen LogP contribution in [-0.4, -0.2) is 6.29 Å². The number of rotatable bonds is 2. The van der Waals surface area contributed by atoms with Gasteiger partial charge in [0.25, 0.3) is 0 Å². The molecule has 0 radical (unpaired) electrons. The number of aldehydes is 1. The number of hydrogen-bond donors (Lipinski definition) is 0. The average Bonchev–Trinajstić information content (AvgIpc) is 2.38. The molecule has 1 aliphatic rings. The van der Waals surface area contributed by atoms with Crippen molar-refractivity contribution in [2.24, 2.45) is 0 Å². The Hall–Kier alpha value is -2.14. The molecule has 2 heteroatoms. The number of benzene rings is 1. The molecule has 0 unspecified atom stereocenters. The number of allylic oxidation sites excluding steroid dienone is 4. The van der Waals surface area contributed by atoms with E-state index < -0.39 is 0 Å². The van der Waals surface area contributed by atoms with Crippen LogP contribution in [0.2, 0.25) is 0 Å². The van der Waals surface area contributed by atoms with Crippen molar-refractivity contribution in [2.45, 2.75) is 19.8 Å². The third-order valence-corrected chi connectivity index (χ3v) is 3.02. The summed E-state index contributed by atoms with van der Waals surface area (Å²) in [6.45, 7) is 2.08. The molecule has 1 aromatic carbocycles. The van der Waals surface area contributed by atoms with Gasteiger partial charge in [-0.1, -0.05) is 23.8 Å². The minimum absolute atomic E-state index is 0.610. The molecule has 0 spiro atoms. The van der Waals surface area contributed by atoms with E-state index in [0.717, 1.165) is 30.3 Å². The Morgan fingerprint density at radius 1 is 1.41 bits per heavy atom. The van der Waals surface area contributed by atoms with Gasteiger partial charge in [-0.25, -0.2) is 0 Å². The van der Waals surface area contributed by atoms with Crippen LogP contribution < -0.4 is 0 Å². The maximum absolute atomic E-state index is 10.8. The van der Waals surface area contributed by atoms with E-state index in [2.05, 4.69) is 19.1 Å². The van der Waals surface area contributed by atoms with Crippen LogP contribution in [0.1, 0.15) is 41.3 Å². The first-order valence-corrected chi connectivity index (χ1v) is 5.62. The summed E-state index contributed by atoms with van der Waals surface area (Å²) in [6.07, 6.45) is 7.03. The van der Waals surface area contributed by atoms with Gasteiger partial charge in [0.15, 0.2) is 0 Å². The second-order valence-corrected chi connectivity index (χ2v) is 4.17. The predicted octanol–water partition coefficient (Wildman–Crippen LogP) is 3.49. The highest BCUT2D eigenvalue weighted by atomic mass is 16.1. The molecule has 1 aromatic rings. The number of carbonyl (C=O) groups is 1. The summed E-state index contributed by atoms with van der Waals surface area (Å²) in [4.78, 5) is 10.8. The molecule has 2 rings (SSSR count). The van der Waals surface area contributed by atoms with Gasteiger partial charge in [0.05, 0.1) is 11.6 Å². The third kappa shape index (κ3) is 2.19. The Morgan fingerprint density at radius 2 is 2.24 bits per heavy atom. The molecular formula is C15H13NO. The lowest BCUT2D eigenvalue weighted by Crippen LogP contribution is -1.96. The normalized spacial score (nSPS) is 14.6. The summed E-state index contributed by atoms with van der Waals surface area (Å²) in [6, 6.07) is 7.36. The van der Waals surface area contributed by atoms with Crippen molar-refractivity contribution < 1.29 is 4.79 Å². The molecule has 0 fully saturated rings. The number of hydrogen-bond acceptors (Lipinski definition) is 2. The van der Waals surface area contributed by atoms with Gasteiger partial charge >= 0.3 is 0 Å². The zero-order valence-corrected chi connectivity index (χ0v) is 9.73. The zero-order valence-electron chi connectivity index (χ0n) is 9.73. The molecule has 84 valence electrons. The van der Waals surface area contributed by atoms with Crippen LogP contribution in [-0.2, 0) is 0 Å². The Balaban J connectivity index is 2.61. The molecule has 0 atom stereocenters. The maximum Gasteiger partial charge on any atom is 0.150 e. The molecule has 0 saturated carbocycles. The topological polar surface area (TPSA) is 40.9 Å². The lowest BCUT2D eigenvalue weighted by molar-refractivity contribution is 0.112. The van der Waals surface area contributed by atoms with E-state index >= 15 is 0 Å². The van der Waals surface area contributed by atoms with Crippen molar-refractivity contribution in [2.75, 3.05) is 0 Å². The van der Waals surface area contributed by atoms with Crippen LogP contribution >= 0.6 is 0 Å². The molecule has 17 heavy (non-hydrogen) atoms. The van der Waals surface area contributed by atoms with Crippen molar-refractivity contribution in [3.05, 3.63) is 52.6 Å². The first-order valence-electron chi connectivity index (χ1n) is 5.62. The van der Waals surface area contributed by atoms with E-state index in [4.69, 9.17) is 5.26 Å². The van der Waals surface area contributed by atoms with Crippen LogP contribution in [0.25, 0.3) is 5.57 Å². The Morgan fingerprint density at radius 3 is 2.88 bits per heavy atom. The molecule has 0 aromatic heterocycles. The number of carbonyl (C=O) groups excluding carboxylic acids is 1. The van der Waals surface area contributed by atoms with E-state index in [1.54, 1.807) is 18.2 Å². The van der Waals surface area contributed by atoms with Gasteiger partial charge in [-0.05, 0) is 37.5 Å². The maximum atomic E-state index is 10.8. The Kier molecular flexibility index (Phi) is 3.20. The number of nitrogens with zero attached hydrogens (tertiary/aromatic N) is 1. The van der Waals surface area contributed by atoms with Crippen LogP contribution in [0.3, 0.4) is 0 Å². The standard InChI is InChI=1S/C15H13NO/c1-11-4-2-3-5-14(11)15-8-12(10-17)6-7-13(15)9-16/h3,5-8,10H,2,4H2,1H3. The second-order valence-electron chi connectivity index (χ2n) is 4.17. The lowest BCUT2D eigenvalue weighted by atomic mass is 9.90. The Bertz CT molecular complexity index is 559. The van der Waals surface area contributed by atoms with Gasteiger partial charge in [0.2, 0.25) is 0 Å². The SMILES string of the molecule is CC1=C(c2cc(C=O)ccc2C#N)C=CCC1. The van der Waals surface area contributed by atoms with E-state index in [-0.39, 0.29) is 0 Å². The summed E-state index contributed by atoms with van der Waals surface area (Å²) in [7, 11) is 0. The molecule has 0 amide bonds. The lowest BCUT2D eigenvalue weighted by Gasteiger charge is -2.14. The molecule has 0 heterocycles. The number of nitriles is 1. The summed E-state index contributed by atoms with van der Waals surface area (Å²) in [5.41, 5.74) is 4.45. The predicted molar refractivity (Wildman–Crippen MR) is 67.5 cm³/mol. The van der Waals surface area contributed by atoms with Crippen LogP contribution in [0.15, 0.2) is 35.9 Å². The molecule has 0 saturated heterocycles. The largest absolute Gasteiger partial charge is 0.298 e. The van der Waals surface area contributed by atoms with Crippen LogP contribution in [0.5, 0.6) is 0 Å². The Labute approximate surface area is 101 Å². The van der Waals surface area contributed by atoms with Gasteiger partial charge in [-0.15, -0.1) is 0 Å². The minimum atomic E-state index is 0.610. The molecule has 0 aliphatic heterocycles. The highest BCUT2D eigenvalue weighted by Crippen LogP contribution is 2.29. The monoisotopic (exact) mass is 223 g/mol. The average molecular weight is 223 g/mol. The zero-order chi connectivity index (χ0) is 12.3. The van der Waals surface area contributed by atoms with Gasteiger partial charge in [-0.3, -0.25) is 4.79 Å². The van der Waals surface area contributed by atoms with Gasteiger partial charge < -0.3 is 0 Å². The van der Waals surface area contributed by atoms with E-state index in [9.17, 15) is 4.79 Å². The minimum Gasteiger partial charge on any atom is -0.298 e. The van der Waals surface area contributed by atoms with E-state index in [1.807, 2.05) is 6.08 Å². The van der Waals surface area contributed by atoms with Crippen LogP contribution in [0.4, 0.5) is 0 Å². The van der Waals surface area contributed by atoms with E-state index in [1.165, 1.54) is 5.57 Å². The summed E-state index contributed by atoms with van der Waals surface area (Å²) >= 11 is 0. The van der Waals surface area contributed by atoms with Crippen molar-refractivity contribution in [3.63, 3.8) is 0 Å². The molecule has 0 bridgehead atoms. The fourth-order valence-corrected chi connectivity index (χ4v) is 2.05. The van der Waals surface area contributed by atoms with Gasteiger partial charge in [-0.2, -0.15) is 5.26 Å².